The maximum atomic E-state index is 4.82. The molecule has 0 aromatic carbocycles. The third-order valence-electron chi connectivity index (χ3n) is 3.20. The molecule has 1 aliphatic heterocycles. The largest absolute Gasteiger partial charge is 0.384 e. The first kappa shape index (κ1) is 16.1. The average Bonchev–Trinajstić information content (AvgIpc) is 2.42. The van der Waals surface area contributed by atoms with Gasteiger partial charge in [0.25, 0.3) is 0 Å². The molecule has 1 heterocycles. The number of hydrogen-bond donors (Lipinski definition) is 1. The lowest BCUT2D eigenvalue weighted by molar-refractivity contribution is 0.309. The van der Waals surface area contributed by atoms with Crippen LogP contribution in [0.5, 0.6) is 0 Å². The van der Waals surface area contributed by atoms with Gasteiger partial charge in [-0.3, -0.25) is 0 Å². The molecule has 0 fully saturated rings. The van der Waals surface area contributed by atoms with Crippen LogP contribution in [-0.2, 0) is 0 Å². The van der Waals surface area contributed by atoms with Crippen molar-refractivity contribution in [3.05, 3.63) is 48.9 Å². The molecule has 1 N–H and O–H groups in total. The van der Waals surface area contributed by atoms with Crippen molar-refractivity contribution in [2.75, 3.05) is 28.2 Å². The molecule has 20 heavy (non-hydrogen) atoms. The van der Waals surface area contributed by atoms with Crippen LogP contribution in [0.2, 0.25) is 0 Å². The molecule has 0 amide bonds. The number of nitrogens with zero attached hydrogens (tertiary/aromatic N) is 3. The molecule has 1 aliphatic rings. The minimum Gasteiger partial charge on any atom is -0.384 e. The SMILES string of the molecule is C=C/C=C\C(=C)CCC1N=C(N(C)C)C(NC)=CN1C. The maximum absolute atomic E-state index is 4.82. The van der Waals surface area contributed by atoms with Gasteiger partial charge in [-0.2, -0.15) is 0 Å². The van der Waals surface area contributed by atoms with E-state index in [1.165, 1.54) is 0 Å². The van der Waals surface area contributed by atoms with Gasteiger partial charge in [0.2, 0.25) is 0 Å². The van der Waals surface area contributed by atoms with Gasteiger partial charge in [-0.25, -0.2) is 4.99 Å². The topological polar surface area (TPSA) is 30.9 Å². The number of aliphatic imine (C=N–C) groups is 1. The van der Waals surface area contributed by atoms with Gasteiger partial charge in [-0.05, 0) is 12.8 Å². The molecule has 0 bridgehead atoms. The van der Waals surface area contributed by atoms with Crippen LogP contribution in [0.4, 0.5) is 0 Å². The smallest absolute Gasteiger partial charge is 0.150 e. The second kappa shape index (κ2) is 7.58. The fourth-order valence-electron chi connectivity index (χ4n) is 2.05. The molecular weight excluding hydrogens is 248 g/mol. The Labute approximate surface area is 122 Å². The molecule has 0 saturated heterocycles. The Kier molecular flexibility index (Phi) is 6.10. The summed E-state index contributed by atoms with van der Waals surface area (Å²) in [6.45, 7) is 7.71. The van der Waals surface area contributed by atoms with E-state index in [4.69, 9.17) is 4.99 Å². The van der Waals surface area contributed by atoms with E-state index in [2.05, 4.69) is 36.6 Å². The molecule has 0 aromatic rings. The molecule has 110 valence electrons. The highest BCUT2D eigenvalue weighted by Crippen LogP contribution is 2.18. The highest BCUT2D eigenvalue weighted by atomic mass is 15.3. The van der Waals surface area contributed by atoms with E-state index < -0.39 is 0 Å². The van der Waals surface area contributed by atoms with Gasteiger partial charge in [0.15, 0.2) is 0 Å². The van der Waals surface area contributed by atoms with E-state index in [1.54, 1.807) is 6.08 Å². The van der Waals surface area contributed by atoms with E-state index in [0.29, 0.717) is 0 Å². The number of likely N-dealkylation sites (N-methyl/N-ethyl adjacent to an activating group) is 2. The Hall–Kier alpha value is -1.97. The normalized spacial score (nSPS) is 18.6. The summed E-state index contributed by atoms with van der Waals surface area (Å²) in [6, 6.07) is 0. The molecule has 0 radical (unpaired) electrons. The van der Waals surface area contributed by atoms with Gasteiger partial charge in [0.1, 0.15) is 12.0 Å². The molecule has 0 saturated carbocycles. The summed E-state index contributed by atoms with van der Waals surface area (Å²) in [6.07, 6.45) is 9.81. The summed E-state index contributed by atoms with van der Waals surface area (Å²) < 4.78 is 0. The minimum absolute atomic E-state index is 0.151. The first-order valence-electron chi connectivity index (χ1n) is 6.83. The van der Waals surface area contributed by atoms with Crippen molar-refractivity contribution in [2.45, 2.75) is 19.0 Å². The number of rotatable bonds is 6. The van der Waals surface area contributed by atoms with Crippen LogP contribution < -0.4 is 5.32 Å². The van der Waals surface area contributed by atoms with Crippen LogP contribution in [0, 0.1) is 0 Å². The third kappa shape index (κ3) is 4.30. The Morgan fingerprint density at radius 3 is 2.80 bits per heavy atom. The Morgan fingerprint density at radius 1 is 1.55 bits per heavy atom. The minimum atomic E-state index is 0.151. The second-order valence-corrected chi connectivity index (χ2v) is 5.08. The molecule has 4 heteroatoms. The van der Waals surface area contributed by atoms with Crippen molar-refractivity contribution < 1.29 is 0 Å². The van der Waals surface area contributed by atoms with E-state index >= 15 is 0 Å². The molecule has 0 aromatic heterocycles. The Bertz CT molecular complexity index is 443. The van der Waals surface area contributed by atoms with Crippen molar-refractivity contribution in [2.24, 2.45) is 4.99 Å². The predicted octanol–water partition coefficient (Wildman–Crippen LogP) is 2.36. The molecule has 0 aliphatic carbocycles. The fourth-order valence-corrected chi connectivity index (χ4v) is 2.05. The number of nitrogens with one attached hydrogen (secondary N) is 1. The average molecular weight is 274 g/mol. The maximum Gasteiger partial charge on any atom is 0.150 e. The molecule has 4 nitrogen and oxygen atoms in total. The highest BCUT2D eigenvalue weighted by molar-refractivity contribution is 5.97. The summed E-state index contributed by atoms with van der Waals surface area (Å²) >= 11 is 0. The van der Waals surface area contributed by atoms with Crippen molar-refractivity contribution >= 4 is 5.84 Å². The first-order valence-corrected chi connectivity index (χ1v) is 6.83. The molecule has 1 atom stereocenters. The summed E-state index contributed by atoms with van der Waals surface area (Å²) in [5, 5.41) is 3.19. The lowest BCUT2D eigenvalue weighted by atomic mass is 10.1. The molecular formula is C16H26N4. The predicted molar refractivity (Wildman–Crippen MR) is 87.5 cm³/mol. The van der Waals surface area contributed by atoms with E-state index in [9.17, 15) is 0 Å². The van der Waals surface area contributed by atoms with Crippen molar-refractivity contribution in [3.8, 4) is 0 Å². The van der Waals surface area contributed by atoms with Gasteiger partial charge in [-0.1, -0.05) is 37.0 Å². The first-order chi connectivity index (χ1) is 9.49. The standard InChI is InChI=1S/C16H26N4/c1-7-8-9-13(2)10-11-15-18-16(19(4)5)14(17-3)12-20(15)6/h7-9,12,15,17H,1-2,10-11H2,3-6H3/b9-8-. The van der Waals surface area contributed by atoms with Gasteiger partial charge in [-0.15, -0.1) is 0 Å². The van der Waals surface area contributed by atoms with Crippen LogP contribution in [0.3, 0.4) is 0 Å². The third-order valence-corrected chi connectivity index (χ3v) is 3.20. The van der Waals surface area contributed by atoms with Crippen LogP contribution in [0.1, 0.15) is 12.8 Å². The molecule has 0 spiro atoms. The zero-order valence-corrected chi connectivity index (χ0v) is 13.1. The number of amidine groups is 1. The highest BCUT2D eigenvalue weighted by Gasteiger charge is 2.21. The summed E-state index contributed by atoms with van der Waals surface area (Å²) in [7, 11) is 8.00. The van der Waals surface area contributed by atoms with Crippen LogP contribution in [0.15, 0.2) is 53.8 Å². The van der Waals surface area contributed by atoms with Crippen LogP contribution in [-0.4, -0.2) is 50.0 Å². The lowest BCUT2D eigenvalue weighted by Gasteiger charge is -2.32. The van der Waals surface area contributed by atoms with Crippen molar-refractivity contribution in [3.63, 3.8) is 0 Å². The zero-order valence-electron chi connectivity index (χ0n) is 13.1. The van der Waals surface area contributed by atoms with Gasteiger partial charge in [0, 0.05) is 34.4 Å². The van der Waals surface area contributed by atoms with E-state index in [-0.39, 0.29) is 6.17 Å². The fraction of sp³-hybridized carbons (Fsp3) is 0.438. The van der Waals surface area contributed by atoms with Crippen LogP contribution in [0.25, 0.3) is 0 Å². The number of hydrogen-bond acceptors (Lipinski definition) is 4. The Morgan fingerprint density at radius 2 is 2.25 bits per heavy atom. The van der Waals surface area contributed by atoms with Gasteiger partial charge in [0.05, 0.1) is 5.70 Å². The summed E-state index contributed by atoms with van der Waals surface area (Å²) in [5.74, 6) is 0.989. The van der Waals surface area contributed by atoms with Crippen LogP contribution >= 0.6 is 0 Å². The zero-order chi connectivity index (χ0) is 15.1. The van der Waals surface area contributed by atoms with Crippen molar-refractivity contribution in [1.29, 1.82) is 0 Å². The second-order valence-electron chi connectivity index (χ2n) is 5.08. The lowest BCUT2D eigenvalue weighted by Crippen LogP contribution is -2.39. The molecule has 1 unspecified atom stereocenters. The van der Waals surface area contributed by atoms with E-state index in [0.717, 1.165) is 29.9 Å². The molecule has 1 rings (SSSR count). The number of allylic oxidation sites excluding steroid dienone is 4. The monoisotopic (exact) mass is 274 g/mol. The van der Waals surface area contributed by atoms with Gasteiger partial charge < -0.3 is 15.1 Å². The van der Waals surface area contributed by atoms with E-state index in [1.807, 2.05) is 38.2 Å². The summed E-state index contributed by atoms with van der Waals surface area (Å²) in [4.78, 5) is 9.00. The van der Waals surface area contributed by atoms with Crippen molar-refractivity contribution in [1.82, 2.24) is 15.1 Å². The quantitative estimate of drug-likeness (QED) is 0.754. The van der Waals surface area contributed by atoms with Gasteiger partial charge >= 0.3 is 0 Å². The summed E-state index contributed by atoms with van der Waals surface area (Å²) in [5.41, 5.74) is 2.14. The Balaban J connectivity index is 2.71.